The Balaban J connectivity index is 1.59. The highest BCUT2D eigenvalue weighted by molar-refractivity contribution is 5.90. The molecular weight excluding hydrogens is 376 g/mol. The van der Waals surface area contributed by atoms with E-state index in [1.807, 2.05) is 80.7 Å². The Morgan fingerprint density at radius 1 is 0.867 bits per heavy atom. The van der Waals surface area contributed by atoms with Crippen molar-refractivity contribution in [3.63, 3.8) is 0 Å². The summed E-state index contributed by atoms with van der Waals surface area (Å²) >= 11 is 0. The molecule has 2 aromatic heterocycles. The first-order valence-corrected chi connectivity index (χ1v) is 9.99. The number of hydrogen-bond acceptors (Lipinski definition) is 6. The van der Waals surface area contributed by atoms with Crippen molar-refractivity contribution in [3.05, 3.63) is 72.9 Å². The van der Waals surface area contributed by atoms with E-state index in [0.29, 0.717) is 31.5 Å². The number of nitrogens with zero attached hydrogens (tertiary/aromatic N) is 4. The van der Waals surface area contributed by atoms with E-state index in [-0.39, 0.29) is 0 Å². The Morgan fingerprint density at radius 2 is 1.67 bits per heavy atom. The quantitative estimate of drug-likeness (QED) is 0.431. The van der Waals surface area contributed by atoms with Gasteiger partial charge < -0.3 is 14.4 Å². The molecule has 4 rings (SSSR count). The van der Waals surface area contributed by atoms with Crippen LogP contribution in [-0.4, -0.2) is 41.8 Å². The number of para-hydroxylation sites is 2. The summed E-state index contributed by atoms with van der Waals surface area (Å²) in [6.07, 6.45) is 1.75. The van der Waals surface area contributed by atoms with Crippen molar-refractivity contribution in [2.75, 3.05) is 31.7 Å². The molecule has 0 spiro atoms. The topological polar surface area (TPSA) is 60.4 Å². The number of likely N-dealkylation sites (N-methyl/N-ethyl adjacent to an activating group) is 1. The number of pyridine rings is 1. The molecule has 0 fully saturated rings. The van der Waals surface area contributed by atoms with Gasteiger partial charge in [0, 0.05) is 30.3 Å². The molecular formula is C24H24N4O2. The highest BCUT2D eigenvalue weighted by Gasteiger charge is 2.13. The van der Waals surface area contributed by atoms with Gasteiger partial charge in [0.05, 0.1) is 18.7 Å². The molecule has 30 heavy (non-hydrogen) atoms. The average molecular weight is 400 g/mol. The smallest absolute Gasteiger partial charge is 0.213 e. The molecule has 0 aliphatic rings. The normalized spacial score (nSPS) is 10.7. The summed E-state index contributed by atoms with van der Waals surface area (Å²) in [6, 6.07) is 21.6. The van der Waals surface area contributed by atoms with E-state index in [9.17, 15) is 0 Å². The fraction of sp³-hybridized carbons (Fsp3) is 0.208. The van der Waals surface area contributed by atoms with Gasteiger partial charge in [0.25, 0.3) is 0 Å². The van der Waals surface area contributed by atoms with Crippen molar-refractivity contribution in [3.8, 4) is 23.0 Å². The molecule has 6 nitrogen and oxygen atoms in total. The molecule has 2 heterocycles. The largest absolute Gasteiger partial charge is 0.492 e. The van der Waals surface area contributed by atoms with Gasteiger partial charge in [0.1, 0.15) is 18.2 Å². The molecule has 2 aromatic carbocycles. The fourth-order valence-electron chi connectivity index (χ4n) is 3.15. The fourth-order valence-corrected chi connectivity index (χ4v) is 3.15. The lowest BCUT2D eigenvalue weighted by atomic mass is 10.2. The van der Waals surface area contributed by atoms with Gasteiger partial charge in [0.15, 0.2) is 5.82 Å². The Morgan fingerprint density at radius 3 is 2.43 bits per heavy atom. The van der Waals surface area contributed by atoms with Crippen molar-refractivity contribution in [1.29, 1.82) is 0 Å². The van der Waals surface area contributed by atoms with Crippen molar-refractivity contribution in [1.82, 2.24) is 15.0 Å². The van der Waals surface area contributed by atoms with Gasteiger partial charge in [-0.05, 0) is 37.3 Å². The molecule has 4 aromatic rings. The minimum Gasteiger partial charge on any atom is -0.492 e. The zero-order chi connectivity index (χ0) is 20.8. The SMILES string of the molecule is CCOc1ccc(-c2nc(N(C)CCOc3ccccc3)c3ccccc3n2)cn1. The lowest BCUT2D eigenvalue weighted by Crippen LogP contribution is -2.25. The summed E-state index contributed by atoms with van der Waals surface area (Å²) in [6.45, 7) is 3.76. The Bertz CT molecular complexity index is 1100. The van der Waals surface area contributed by atoms with Crippen molar-refractivity contribution in [2.45, 2.75) is 6.92 Å². The van der Waals surface area contributed by atoms with E-state index in [1.165, 1.54) is 0 Å². The molecule has 0 aliphatic heterocycles. The maximum Gasteiger partial charge on any atom is 0.213 e. The van der Waals surface area contributed by atoms with Crippen molar-refractivity contribution in [2.24, 2.45) is 0 Å². The minimum atomic E-state index is 0.554. The van der Waals surface area contributed by atoms with E-state index in [4.69, 9.17) is 19.4 Å². The van der Waals surface area contributed by atoms with Crippen LogP contribution in [0, 0.1) is 0 Å². The summed E-state index contributed by atoms with van der Waals surface area (Å²) in [5, 5.41) is 1.00. The number of hydrogen-bond donors (Lipinski definition) is 0. The van der Waals surface area contributed by atoms with E-state index in [2.05, 4.69) is 9.88 Å². The summed E-state index contributed by atoms with van der Waals surface area (Å²) in [4.78, 5) is 16.0. The van der Waals surface area contributed by atoms with Crippen LogP contribution in [0.5, 0.6) is 11.6 Å². The van der Waals surface area contributed by atoms with Gasteiger partial charge >= 0.3 is 0 Å². The van der Waals surface area contributed by atoms with Crippen LogP contribution in [0.3, 0.4) is 0 Å². The molecule has 0 amide bonds. The highest BCUT2D eigenvalue weighted by atomic mass is 16.5. The first-order valence-electron chi connectivity index (χ1n) is 9.99. The van der Waals surface area contributed by atoms with Gasteiger partial charge in [-0.25, -0.2) is 15.0 Å². The standard InChI is InChI=1S/C24H24N4O2/c1-3-29-22-14-13-18(17-25-22)23-26-21-12-8-7-11-20(21)24(27-23)28(2)15-16-30-19-9-5-4-6-10-19/h4-14,17H,3,15-16H2,1-2H3. The number of anilines is 1. The van der Waals surface area contributed by atoms with Crippen LogP contribution >= 0.6 is 0 Å². The molecule has 152 valence electrons. The predicted molar refractivity (Wildman–Crippen MR) is 119 cm³/mol. The lowest BCUT2D eigenvalue weighted by Gasteiger charge is -2.21. The van der Waals surface area contributed by atoms with E-state index in [0.717, 1.165) is 28.0 Å². The summed E-state index contributed by atoms with van der Waals surface area (Å²) in [5.41, 5.74) is 1.74. The van der Waals surface area contributed by atoms with Gasteiger partial charge in [0.2, 0.25) is 5.88 Å². The Hall–Kier alpha value is -3.67. The first-order chi connectivity index (χ1) is 14.7. The van der Waals surface area contributed by atoms with Gasteiger partial charge in [-0.15, -0.1) is 0 Å². The van der Waals surface area contributed by atoms with Crippen molar-refractivity contribution < 1.29 is 9.47 Å². The Labute approximate surface area is 176 Å². The van der Waals surface area contributed by atoms with Gasteiger partial charge in [-0.2, -0.15) is 0 Å². The number of benzene rings is 2. The number of ether oxygens (including phenoxy) is 2. The van der Waals surface area contributed by atoms with Crippen LogP contribution in [0.15, 0.2) is 72.9 Å². The van der Waals surface area contributed by atoms with Gasteiger partial charge in [-0.3, -0.25) is 0 Å². The van der Waals surface area contributed by atoms with Crippen molar-refractivity contribution >= 4 is 16.7 Å². The number of rotatable bonds is 8. The molecule has 0 unspecified atom stereocenters. The van der Waals surface area contributed by atoms with Gasteiger partial charge in [-0.1, -0.05) is 30.3 Å². The zero-order valence-corrected chi connectivity index (χ0v) is 17.2. The van der Waals surface area contributed by atoms with Crippen LogP contribution in [0.4, 0.5) is 5.82 Å². The van der Waals surface area contributed by atoms with E-state index < -0.39 is 0 Å². The third-order valence-corrected chi connectivity index (χ3v) is 4.67. The predicted octanol–water partition coefficient (Wildman–Crippen LogP) is 4.61. The Kier molecular flexibility index (Phi) is 6.03. The molecule has 0 saturated heterocycles. The second-order valence-corrected chi connectivity index (χ2v) is 6.79. The molecule has 0 atom stereocenters. The first kappa shape index (κ1) is 19.6. The van der Waals surface area contributed by atoms with E-state index >= 15 is 0 Å². The van der Waals surface area contributed by atoms with E-state index in [1.54, 1.807) is 6.20 Å². The monoisotopic (exact) mass is 400 g/mol. The molecule has 0 aliphatic carbocycles. The molecule has 0 radical (unpaired) electrons. The zero-order valence-electron chi connectivity index (χ0n) is 17.2. The van der Waals surface area contributed by atoms with Crippen LogP contribution in [-0.2, 0) is 0 Å². The van der Waals surface area contributed by atoms with Crippen LogP contribution in [0.1, 0.15) is 6.92 Å². The third-order valence-electron chi connectivity index (χ3n) is 4.67. The summed E-state index contributed by atoms with van der Waals surface area (Å²) in [7, 11) is 2.02. The maximum absolute atomic E-state index is 5.85. The molecule has 0 saturated carbocycles. The second kappa shape index (κ2) is 9.22. The minimum absolute atomic E-state index is 0.554. The highest BCUT2D eigenvalue weighted by Crippen LogP contribution is 2.27. The number of fused-ring (bicyclic) bond motifs is 1. The molecule has 6 heteroatoms. The number of aromatic nitrogens is 3. The molecule has 0 bridgehead atoms. The third kappa shape index (κ3) is 4.49. The van der Waals surface area contributed by atoms with Crippen LogP contribution in [0.25, 0.3) is 22.3 Å². The molecule has 0 N–H and O–H groups in total. The summed E-state index contributed by atoms with van der Waals surface area (Å²) in [5.74, 6) is 2.95. The van der Waals surface area contributed by atoms with Crippen LogP contribution < -0.4 is 14.4 Å². The van der Waals surface area contributed by atoms with Crippen LogP contribution in [0.2, 0.25) is 0 Å². The summed E-state index contributed by atoms with van der Waals surface area (Å²) < 4.78 is 11.3. The lowest BCUT2D eigenvalue weighted by molar-refractivity contribution is 0.325. The maximum atomic E-state index is 5.85. The average Bonchev–Trinajstić information content (AvgIpc) is 2.80. The second-order valence-electron chi connectivity index (χ2n) is 6.79.